The van der Waals surface area contributed by atoms with E-state index < -0.39 is 10.1 Å². The molecule has 1 unspecified atom stereocenters. The van der Waals surface area contributed by atoms with Gasteiger partial charge in [-0.05, 0) is 31.0 Å². The summed E-state index contributed by atoms with van der Waals surface area (Å²) in [5, 5.41) is 0. The zero-order valence-electron chi connectivity index (χ0n) is 15.3. The van der Waals surface area contributed by atoms with Gasteiger partial charge in [-0.1, -0.05) is 43.3 Å². The van der Waals surface area contributed by atoms with Gasteiger partial charge in [-0.25, -0.2) is 0 Å². The number of carbonyl (C=O) groups is 1. The van der Waals surface area contributed by atoms with Crippen molar-refractivity contribution >= 4 is 15.9 Å². The number of ketones is 1. The summed E-state index contributed by atoms with van der Waals surface area (Å²) < 4.78 is 32.7. The van der Waals surface area contributed by atoms with E-state index in [0.29, 0.717) is 23.3 Å². The van der Waals surface area contributed by atoms with Crippen molar-refractivity contribution in [1.29, 1.82) is 0 Å². The molecule has 0 fully saturated rings. The van der Waals surface area contributed by atoms with Crippen LogP contribution in [0.5, 0.6) is 5.75 Å². The van der Waals surface area contributed by atoms with Crippen LogP contribution in [0.2, 0.25) is 0 Å². The Morgan fingerprint density at radius 3 is 2.42 bits per heavy atom. The lowest BCUT2D eigenvalue weighted by atomic mass is 9.99. The smallest absolute Gasteiger partial charge is 0.264 e. The van der Waals surface area contributed by atoms with E-state index in [2.05, 4.69) is 0 Å². The summed E-state index contributed by atoms with van der Waals surface area (Å²) in [6, 6.07) is 14.6. The minimum Gasteiger partial charge on any atom is -0.490 e. The molecule has 6 heteroatoms. The molecule has 0 radical (unpaired) electrons. The average Bonchev–Trinajstić information content (AvgIpc) is 2.61. The van der Waals surface area contributed by atoms with Crippen LogP contribution in [0.1, 0.15) is 41.8 Å². The van der Waals surface area contributed by atoms with E-state index in [-0.39, 0.29) is 18.5 Å². The molecule has 0 aliphatic carbocycles. The van der Waals surface area contributed by atoms with Crippen LogP contribution >= 0.6 is 0 Å². The van der Waals surface area contributed by atoms with E-state index >= 15 is 0 Å². The average molecular weight is 376 g/mol. The minimum atomic E-state index is -3.47. The number of hydrogen-bond donors (Lipinski definition) is 0. The molecule has 0 aromatic heterocycles. The highest BCUT2D eigenvalue weighted by atomic mass is 32.2. The first-order chi connectivity index (χ1) is 12.3. The number of rotatable bonds is 9. The monoisotopic (exact) mass is 376 g/mol. The molecule has 5 nitrogen and oxygen atoms in total. The Bertz CT molecular complexity index is 844. The fourth-order valence-corrected chi connectivity index (χ4v) is 2.86. The van der Waals surface area contributed by atoms with Gasteiger partial charge in [0.1, 0.15) is 5.75 Å². The van der Waals surface area contributed by atoms with E-state index in [1.807, 2.05) is 44.2 Å². The standard InChI is InChI=1S/C20H24O5S/c1-4-16-10-11-19(25-15(2)12-13-24-26(3,22)23)18(14-16)20(21)17-8-6-5-7-9-17/h5-11,14-15H,4,12-13H2,1-3H3. The largest absolute Gasteiger partial charge is 0.490 e. The molecule has 2 rings (SSSR count). The normalized spacial score (nSPS) is 12.6. The number of aryl methyl sites for hydroxylation is 1. The van der Waals surface area contributed by atoms with Crippen molar-refractivity contribution < 1.29 is 22.1 Å². The van der Waals surface area contributed by atoms with Crippen LogP contribution in [0.4, 0.5) is 0 Å². The molecule has 0 saturated heterocycles. The number of hydrogen-bond acceptors (Lipinski definition) is 5. The van der Waals surface area contributed by atoms with Crippen LogP contribution in [0, 0.1) is 0 Å². The molecule has 0 aliphatic heterocycles. The van der Waals surface area contributed by atoms with Gasteiger partial charge in [-0.2, -0.15) is 8.42 Å². The van der Waals surface area contributed by atoms with Crippen molar-refractivity contribution in [2.75, 3.05) is 12.9 Å². The first kappa shape index (κ1) is 20.1. The molecule has 0 aliphatic rings. The highest BCUT2D eigenvalue weighted by Gasteiger charge is 2.17. The Morgan fingerprint density at radius 1 is 1.12 bits per heavy atom. The van der Waals surface area contributed by atoms with Crippen molar-refractivity contribution in [3.8, 4) is 5.75 Å². The fourth-order valence-electron chi connectivity index (χ4n) is 2.46. The third-order valence-electron chi connectivity index (χ3n) is 3.88. The van der Waals surface area contributed by atoms with Crippen molar-refractivity contribution in [3.63, 3.8) is 0 Å². The molecule has 2 aromatic rings. The minimum absolute atomic E-state index is 0.0367. The van der Waals surface area contributed by atoms with Crippen LogP contribution in [0.15, 0.2) is 48.5 Å². The van der Waals surface area contributed by atoms with Gasteiger partial charge in [0, 0.05) is 12.0 Å². The molecule has 0 spiro atoms. The molecule has 0 amide bonds. The molecular weight excluding hydrogens is 352 g/mol. The van der Waals surface area contributed by atoms with E-state index in [1.165, 1.54) is 0 Å². The van der Waals surface area contributed by atoms with Crippen LogP contribution in [-0.4, -0.2) is 33.2 Å². The summed E-state index contributed by atoms with van der Waals surface area (Å²) >= 11 is 0. The third kappa shape index (κ3) is 5.97. The lowest BCUT2D eigenvalue weighted by molar-refractivity contribution is 0.103. The summed E-state index contributed by atoms with van der Waals surface area (Å²) in [7, 11) is -3.47. The van der Waals surface area contributed by atoms with Gasteiger partial charge in [0.2, 0.25) is 0 Å². The molecule has 1 atom stereocenters. The zero-order chi connectivity index (χ0) is 19.2. The lowest BCUT2D eigenvalue weighted by Gasteiger charge is -2.18. The van der Waals surface area contributed by atoms with Crippen LogP contribution < -0.4 is 4.74 Å². The van der Waals surface area contributed by atoms with Gasteiger partial charge >= 0.3 is 0 Å². The highest BCUT2D eigenvalue weighted by molar-refractivity contribution is 7.85. The Balaban J connectivity index is 2.18. The summed E-state index contributed by atoms with van der Waals surface area (Å²) in [5.41, 5.74) is 2.15. The first-order valence-electron chi connectivity index (χ1n) is 8.54. The summed E-state index contributed by atoms with van der Waals surface area (Å²) in [6.45, 7) is 3.88. The van der Waals surface area contributed by atoms with Gasteiger partial charge < -0.3 is 4.74 Å². The Labute approximate surface area is 155 Å². The maximum atomic E-state index is 12.9. The second-order valence-corrected chi connectivity index (χ2v) is 7.77. The molecule has 0 saturated carbocycles. The first-order valence-corrected chi connectivity index (χ1v) is 10.4. The Morgan fingerprint density at radius 2 is 1.81 bits per heavy atom. The molecule has 140 valence electrons. The van der Waals surface area contributed by atoms with Gasteiger partial charge in [0.05, 0.1) is 24.5 Å². The van der Waals surface area contributed by atoms with E-state index in [9.17, 15) is 13.2 Å². The summed E-state index contributed by atoms with van der Waals surface area (Å²) in [4.78, 5) is 12.9. The number of benzene rings is 2. The Hall–Kier alpha value is -2.18. The second kappa shape index (κ2) is 8.96. The maximum absolute atomic E-state index is 12.9. The molecule has 0 heterocycles. The van der Waals surface area contributed by atoms with Crippen molar-refractivity contribution in [2.45, 2.75) is 32.8 Å². The van der Waals surface area contributed by atoms with Crippen LogP contribution in [-0.2, 0) is 20.7 Å². The topological polar surface area (TPSA) is 69.7 Å². The second-order valence-electron chi connectivity index (χ2n) is 6.12. The summed E-state index contributed by atoms with van der Waals surface area (Å²) in [5.74, 6) is 0.387. The predicted molar refractivity (Wildman–Crippen MR) is 101 cm³/mol. The van der Waals surface area contributed by atoms with Gasteiger partial charge in [0.25, 0.3) is 10.1 Å². The molecular formula is C20H24O5S. The Kier molecular flexibility index (Phi) is 6.94. The highest BCUT2D eigenvalue weighted by Crippen LogP contribution is 2.25. The van der Waals surface area contributed by atoms with E-state index in [0.717, 1.165) is 18.2 Å². The van der Waals surface area contributed by atoms with Crippen molar-refractivity contribution in [1.82, 2.24) is 0 Å². The quantitative estimate of drug-likeness (QED) is 0.494. The van der Waals surface area contributed by atoms with E-state index in [1.54, 1.807) is 18.2 Å². The molecule has 0 bridgehead atoms. The molecule has 2 aromatic carbocycles. The zero-order valence-corrected chi connectivity index (χ0v) is 16.1. The van der Waals surface area contributed by atoms with Crippen molar-refractivity contribution in [2.24, 2.45) is 0 Å². The van der Waals surface area contributed by atoms with Crippen molar-refractivity contribution in [3.05, 3.63) is 65.2 Å². The SMILES string of the molecule is CCc1ccc(OC(C)CCOS(C)(=O)=O)c(C(=O)c2ccccc2)c1. The summed E-state index contributed by atoms with van der Waals surface area (Å²) in [6.07, 6.45) is 1.92. The lowest BCUT2D eigenvalue weighted by Crippen LogP contribution is -2.18. The third-order valence-corrected chi connectivity index (χ3v) is 4.48. The predicted octanol–water partition coefficient (Wildman–Crippen LogP) is 3.61. The van der Waals surface area contributed by atoms with Gasteiger partial charge in [0.15, 0.2) is 5.78 Å². The van der Waals surface area contributed by atoms with Crippen LogP contribution in [0.3, 0.4) is 0 Å². The molecule has 0 N–H and O–H groups in total. The number of ether oxygens (including phenoxy) is 1. The van der Waals surface area contributed by atoms with Gasteiger partial charge in [-0.3, -0.25) is 8.98 Å². The van der Waals surface area contributed by atoms with E-state index in [4.69, 9.17) is 8.92 Å². The van der Waals surface area contributed by atoms with Crippen LogP contribution in [0.25, 0.3) is 0 Å². The fraction of sp³-hybridized carbons (Fsp3) is 0.350. The molecule has 26 heavy (non-hydrogen) atoms. The maximum Gasteiger partial charge on any atom is 0.264 e. The number of carbonyl (C=O) groups excluding carboxylic acids is 1. The van der Waals surface area contributed by atoms with Gasteiger partial charge in [-0.15, -0.1) is 0 Å².